The predicted octanol–water partition coefficient (Wildman–Crippen LogP) is 5.22. The topological polar surface area (TPSA) is 38.8 Å². The average Bonchev–Trinajstić information content (AvgIpc) is 2.71. The summed E-state index contributed by atoms with van der Waals surface area (Å²) in [6, 6.07) is 9.52. The normalized spacial score (nSPS) is 19.7. The van der Waals surface area contributed by atoms with Crippen LogP contribution in [-0.2, 0) is 0 Å². The Kier molecular flexibility index (Phi) is 5.24. The van der Waals surface area contributed by atoms with Crippen LogP contribution in [0.2, 0.25) is 5.02 Å². The SMILES string of the molecule is C[C@@H]1COc2ccc(OC(F)(F)F)cc2[C@H](C)N1C(=O)c1ccc(Cl)cc1. The molecule has 0 saturated heterocycles. The van der Waals surface area contributed by atoms with Crippen molar-refractivity contribution in [2.75, 3.05) is 6.61 Å². The van der Waals surface area contributed by atoms with Crippen molar-refractivity contribution >= 4 is 17.5 Å². The second kappa shape index (κ2) is 7.31. The smallest absolute Gasteiger partial charge is 0.491 e. The molecule has 2 aromatic carbocycles. The standard InChI is InChI=1S/C19H17ClF3NO3/c1-11-10-26-17-8-7-15(27-19(21,22)23)9-16(17)12(2)24(11)18(25)13-3-5-14(20)6-4-13/h3-9,11-12H,10H2,1-2H3/t11-,12+/m1/s1. The third kappa shape index (κ3) is 4.30. The minimum atomic E-state index is -4.80. The third-order valence-corrected chi connectivity index (χ3v) is 4.61. The van der Waals surface area contributed by atoms with Crippen LogP contribution in [0.25, 0.3) is 0 Å². The largest absolute Gasteiger partial charge is 0.573 e. The van der Waals surface area contributed by atoms with Crippen molar-refractivity contribution in [3.8, 4) is 11.5 Å². The molecule has 0 spiro atoms. The van der Waals surface area contributed by atoms with Crippen LogP contribution < -0.4 is 9.47 Å². The number of hydrogen-bond acceptors (Lipinski definition) is 3. The lowest BCUT2D eigenvalue weighted by Gasteiger charge is -2.32. The number of nitrogens with zero attached hydrogens (tertiary/aromatic N) is 1. The quantitative estimate of drug-likeness (QED) is 0.694. The average molecular weight is 400 g/mol. The Morgan fingerprint density at radius 2 is 1.85 bits per heavy atom. The Labute approximate surface area is 159 Å². The van der Waals surface area contributed by atoms with Crippen molar-refractivity contribution < 1.29 is 27.4 Å². The number of fused-ring (bicyclic) bond motifs is 1. The van der Waals surface area contributed by atoms with Crippen molar-refractivity contribution in [2.45, 2.75) is 32.3 Å². The van der Waals surface area contributed by atoms with Crippen LogP contribution in [-0.4, -0.2) is 29.8 Å². The zero-order chi connectivity index (χ0) is 19.8. The van der Waals surface area contributed by atoms with E-state index in [1.54, 1.807) is 36.1 Å². The first-order valence-corrected chi connectivity index (χ1v) is 8.64. The summed E-state index contributed by atoms with van der Waals surface area (Å²) in [6.45, 7) is 3.79. The van der Waals surface area contributed by atoms with Gasteiger partial charge in [-0.05, 0) is 56.3 Å². The van der Waals surface area contributed by atoms with Gasteiger partial charge in [0.05, 0.1) is 12.1 Å². The lowest BCUT2D eigenvalue weighted by atomic mass is 10.0. The van der Waals surface area contributed by atoms with Crippen LogP contribution in [0.1, 0.15) is 35.8 Å². The van der Waals surface area contributed by atoms with Crippen LogP contribution in [0.15, 0.2) is 42.5 Å². The predicted molar refractivity (Wildman–Crippen MR) is 94.1 cm³/mol. The van der Waals surface area contributed by atoms with E-state index < -0.39 is 12.4 Å². The van der Waals surface area contributed by atoms with Crippen molar-refractivity contribution in [1.82, 2.24) is 4.90 Å². The maximum atomic E-state index is 13.0. The van der Waals surface area contributed by atoms with E-state index in [1.807, 2.05) is 6.92 Å². The number of amides is 1. The van der Waals surface area contributed by atoms with E-state index in [-0.39, 0.29) is 24.3 Å². The van der Waals surface area contributed by atoms with E-state index in [4.69, 9.17) is 16.3 Å². The first-order valence-electron chi connectivity index (χ1n) is 8.26. The van der Waals surface area contributed by atoms with E-state index in [9.17, 15) is 18.0 Å². The molecule has 27 heavy (non-hydrogen) atoms. The first kappa shape index (κ1) is 19.4. The Morgan fingerprint density at radius 1 is 1.19 bits per heavy atom. The molecule has 2 aromatic rings. The van der Waals surface area contributed by atoms with E-state index in [0.717, 1.165) is 0 Å². The van der Waals surface area contributed by atoms with Gasteiger partial charge in [0, 0.05) is 16.1 Å². The Balaban J connectivity index is 1.96. The summed E-state index contributed by atoms with van der Waals surface area (Å²) >= 11 is 5.87. The Hall–Kier alpha value is -2.41. The molecule has 0 aliphatic carbocycles. The van der Waals surface area contributed by atoms with Gasteiger partial charge in [-0.3, -0.25) is 4.79 Å². The molecule has 0 aromatic heterocycles. The van der Waals surface area contributed by atoms with Gasteiger partial charge in [-0.15, -0.1) is 13.2 Å². The lowest BCUT2D eigenvalue weighted by molar-refractivity contribution is -0.274. The number of hydrogen-bond donors (Lipinski definition) is 0. The molecule has 0 N–H and O–H groups in total. The zero-order valence-corrected chi connectivity index (χ0v) is 15.3. The molecule has 8 heteroatoms. The van der Waals surface area contributed by atoms with E-state index in [2.05, 4.69) is 4.74 Å². The number of carbonyl (C=O) groups excluding carboxylic acids is 1. The van der Waals surface area contributed by atoms with Crippen LogP contribution >= 0.6 is 11.6 Å². The maximum Gasteiger partial charge on any atom is 0.573 e. The summed E-state index contributed by atoms with van der Waals surface area (Å²) in [6.07, 6.45) is -4.80. The molecule has 0 saturated carbocycles. The highest BCUT2D eigenvalue weighted by Gasteiger charge is 2.35. The highest BCUT2D eigenvalue weighted by molar-refractivity contribution is 6.30. The van der Waals surface area contributed by atoms with E-state index in [0.29, 0.717) is 21.9 Å². The third-order valence-electron chi connectivity index (χ3n) is 4.36. The Morgan fingerprint density at radius 3 is 2.48 bits per heavy atom. The van der Waals surface area contributed by atoms with Gasteiger partial charge >= 0.3 is 6.36 Å². The highest BCUT2D eigenvalue weighted by Crippen LogP contribution is 2.38. The fourth-order valence-electron chi connectivity index (χ4n) is 3.12. The maximum absolute atomic E-state index is 13.0. The summed E-state index contributed by atoms with van der Waals surface area (Å²) in [4.78, 5) is 14.6. The molecular formula is C19H17ClF3NO3. The van der Waals surface area contributed by atoms with Gasteiger partial charge in [-0.2, -0.15) is 0 Å². The van der Waals surface area contributed by atoms with Crippen LogP contribution in [0, 0.1) is 0 Å². The minimum absolute atomic E-state index is 0.218. The summed E-state index contributed by atoms with van der Waals surface area (Å²) in [7, 11) is 0. The van der Waals surface area contributed by atoms with Gasteiger partial charge in [0.25, 0.3) is 5.91 Å². The van der Waals surface area contributed by atoms with E-state index in [1.165, 1.54) is 18.2 Å². The number of halogens is 4. The molecule has 0 fully saturated rings. The number of ether oxygens (including phenoxy) is 2. The molecule has 1 heterocycles. The zero-order valence-electron chi connectivity index (χ0n) is 14.6. The summed E-state index contributed by atoms with van der Waals surface area (Å²) < 4.78 is 47.3. The van der Waals surface area contributed by atoms with Crippen molar-refractivity contribution in [3.05, 3.63) is 58.6 Å². The summed E-state index contributed by atoms with van der Waals surface area (Å²) in [5.41, 5.74) is 0.882. The molecule has 0 unspecified atom stereocenters. The molecule has 1 amide bonds. The summed E-state index contributed by atoms with van der Waals surface area (Å²) in [5, 5.41) is 0.506. The fraction of sp³-hybridized carbons (Fsp3) is 0.316. The second-order valence-electron chi connectivity index (χ2n) is 6.30. The molecular weight excluding hydrogens is 383 g/mol. The molecule has 2 atom stereocenters. The van der Waals surface area contributed by atoms with Crippen LogP contribution in [0.3, 0.4) is 0 Å². The Bertz CT molecular complexity index is 839. The molecule has 3 rings (SSSR count). The van der Waals surface area contributed by atoms with Crippen molar-refractivity contribution in [2.24, 2.45) is 0 Å². The molecule has 144 valence electrons. The van der Waals surface area contributed by atoms with Gasteiger partial charge < -0.3 is 14.4 Å². The van der Waals surface area contributed by atoms with Gasteiger partial charge in [-0.1, -0.05) is 11.6 Å². The highest BCUT2D eigenvalue weighted by atomic mass is 35.5. The fourth-order valence-corrected chi connectivity index (χ4v) is 3.25. The minimum Gasteiger partial charge on any atom is -0.491 e. The molecule has 0 bridgehead atoms. The molecule has 1 aliphatic heterocycles. The monoisotopic (exact) mass is 399 g/mol. The molecule has 4 nitrogen and oxygen atoms in total. The number of benzene rings is 2. The molecule has 1 aliphatic rings. The second-order valence-corrected chi connectivity index (χ2v) is 6.74. The molecule has 0 radical (unpaired) electrons. The number of alkyl halides is 3. The van der Waals surface area contributed by atoms with Gasteiger partial charge in [0.2, 0.25) is 0 Å². The van der Waals surface area contributed by atoms with Crippen molar-refractivity contribution in [3.63, 3.8) is 0 Å². The lowest BCUT2D eigenvalue weighted by Crippen LogP contribution is -2.41. The first-order chi connectivity index (χ1) is 12.7. The number of carbonyl (C=O) groups is 1. The van der Waals surface area contributed by atoms with Crippen LogP contribution in [0.4, 0.5) is 13.2 Å². The van der Waals surface area contributed by atoms with Gasteiger partial charge in [-0.25, -0.2) is 0 Å². The van der Waals surface area contributed by atoms with Crippen LogP contribution in [0.5, 0.6) is 11.5 Å². The van der Waals surface area contributed by atoms with Gasteiger partial charge in [0.1, 0.15) is 18.1 Å². The van der Waals surface area contributed by atoms with Gasteiger partial charge in [0.15, 0.2) is 0 Å². The number of rotatable bonds is 2. The van der Waals surface area contributed by atoms with Crippen molar-refractivity contribution in [1.29, 1.82) is 0 Å². The van der Waals surface area contributed by atoms with E-state index >= 15 is 0 Å². The summed E-state index contributed by atoms with van der Waals surface area (Å²) in [5.74, 6) is -0.189.